The van der Waals surface area contributed by atoms with Crippen LogP contribution in [-0.4, -0.2) is 58.3 Å². The first-order valence-corrected chi connectivity index (χ1v) is 15.3. The number of hydrogen-bond acceptors (Lipinski definition) is 8. The van der Waals surface area contributed by atoms with Gasteiger partial charge in [0.15, 0.2) is 17.4 Å². The summed E-state index contributed by atoms with van der Waals surface area (Å²) < 4.78 is 50.2. The summed E-state index contributed by atoms with van der Waals surface area (Å²) in [6, 6.07) is 7.75. The summed E-state index contributed by atoms with van der Waals surface area (Å²) in [6.07, 6.45) is 9.72. The smallest absolute Gasteiger partial charge is 0.226 e. The van der Waals surface area contributed by atoms with Gasteiger partial charge in [0.25, 0.3) is 0 Å². The fraction of sp³-hybridized carbons (Fsp3) is 0.483. The molecule has 40 heavy (non-hydrogen) atoms. The summed E-state index contributed by atoms with van der Waals surface area (Å²) in [6.45, 7) is 4.73. The lowest BCUT2D eigenvalue weighted by atomic mass is 10.1. The Hall–Kier alpha value is -3.18. The van der Waals surface area contributed by atoms with E-state index in [1.807, 2.05) is 17.0 Å². The van der Waals surface area contributed by atoms with Gasteiger partial charge in [-0.25, -0.2) is 23.7 Å². The van der Waals surface area contributed by atoms with Crippen LogP contribution in [-0.2, 0) is 24.3 Å². The average Bonchev–Trinajstić information content (AvgIpc) is 3.47. The molecular weight excluding hydrogens is 536 g/mol. The molecule has 0 N–H and O–H groups in total. The van der Waals surface area contributed by atoms with Crippen molar-refractivity contribution in [3.05, 3.63) is 65.6 Å². The summed E-state index contributed by atoms with van der Waals surface area (Å²) in [5, 5.41) is 0. The Balaban J connectivity index is 1.64. The minimum Gasteiger partial charge on any atom is -0.616 e. The fourth-order valence-electron chi connectivity index (χ4n) is 4.95. The van der Waals surface area contributed by atoms with Crippen LogP contribution in [0.25, 0.3) is 0 Å². The number of halogens is 2. The second kappa shape index (κ2) is 14.5. The third-order valence-electron chi connectivity index (χ3n) is 7.04. The van der Waals surface area contributed by atoms with Crippen LogP contribution in [0, 0.1) is 17.6 Å². The maximum absolute atomic E-state index is 14.1. The lowest BCUT2D eigenvalue weighted by Gasteiger charge is -2.30. The van der Waals surface area contributed by atoms with Crippen LogP contribution in [0.5, 0.6) is 11.6 Å². The zero-order valence-corrected chi connectivity index (χ0v) is 24.1. The molecule has 1 atom stereocenters. The number of hydrogen-bond donors (Lipinski definition) is 0. The van der Waals surface area contributed by atoms with Gasteiger partial charge in [-0.2, -0.15) is 0 Å². The Kier molecular flexibility index (Phi) is 10.8. The standard InChI is InChI=1S/C29H37F2N5O3S/c1-4-35(18-21-7-5-6-8-21)27-11-12-28(38-2)34-26(27)20-36(19-22-9-10-24(30)25(31)15-22)29-32-16-23(17-33-29)39-13-14-40(3)37/h9-12,15-17,21H,4-8,13-14,18-20H2,1-3H3. The molecule has 1 aliphatic carbocycles. The van der Waals surface area contributed by atoms with Gasteiger partial charge in [-0.05, 0) is 49.4 Å². The van der Waals surface area contributed by atoms with Crippen molar-refractivity contribution in [3.63, 3.8) is 0 Å². The Labute approximate surface area is 237 Å². The van der Waals surface area contributed by atoms with Crippen LogP contribution in [0.1, 0.15) is 43.9 Å². The molecule has 0 saturated heterocycles. The number of ether oxygens (including phenoxy) is 2. The molecule has 2 heterocycles. The fourth-order valence-corrected chi connectivity index (χ4v) is 5.27. The second-order valence-electron chi connectivity index (χ2n) is 9.96. The summed E-state index contributed by atoms with van der Waals surface area (Å²) in [4.78, 5) is 18.0. The topological polar surface area (TPSA) is 86.7 Å². The molecule has 0 aliphatic heterocycles. The highest BCUT2D eigenvalue weighted by atomic mass is 32.2. The van der Waals surface area contributed by atoms with E-state index in [-0.39, 0.29) is 13.2 Å². The van der Waals surface area contributed by atoms with Crippen molar-refractivity contribution in [3.8, 4) is 11.6 Å². The van der Waals surface area contributed by atoms with Crippen molar-refractivity contribution in [2.45, 2.75) is 45.7 Å². The molecular formula is C29H37F2N5O3S. The number of methoxy groups -OCH3 is 1. The van der Waals surface area contributed by atoms with Gasteiger partial charge in [0.1, 0.15) is 12.4 Å². The second-order valence-corrected chi connectivity index (χ2v) is 11.5. The summed E-state index contributed by atoms with van der Waals surface area (Å²) >= 11 is -0.965. The maximum atomic E-state index is 14.1. The maximum Gasteiger partial charge on any atom is 0.226 e. The molecule has 2 aromatic heterocycles. The van der Waals surface area contributed by atoms with Gasteiger partial charge in [-0.15, -0.1) is 0 Å². The molecule has 3 aromatic rings. The molecule has 0 radical (unpaired) electrons. The van der Waals surface area contributed by atoms with E-state index in [4.69, 9.17) is 14.5 Å². The highest BCUT2D eigenvalue weighted by Gasteiger charge is 2.23. The number of benzene rings is 1. The van der Waals surface area contributed by atoms with E-state index in [1.165, 1.54) is 31.7 Å². The molecule has 0 amide bonds. The zero-order valence-electron chi connectivity index (χ0n) is 23.3. The minimum atomic E-state index is -0.965. The Morgan fingerprint density at radius 2 is 1.77 bits per heavy atom. The predicted molar refractivity (Wildman–Crippen MR) is 153 cm³/mol. The number of aromatic nitrogens is 3. The van der Waals surface area contributed by atoms with Crippen LogP contribution in [0.15, 0.2) is 42.7 Å². The third kappa shape index (κ3) is 8.17. The molecule has 216 valence electrons. The summed E-state index contributed by atoms with van der Waals surface area (Å²) in [7, 11) is 1.58. The monoisotopic (exact) mass is 573 g/mol. The molecule has 0 spiro atoms. The van der Waals surface area contributed by atoms with Crippen molar-refractivity contribution in [1.29, 1.82) is 0 Å². The van der Waals surface area contributed by atoms with Gasteiger partial charge in [0.05, 0.1) is 43.7 Å². The number of anilines is 2. The molecule has 1 saturated carbocycles. The van der Waals surface area contributed by atoms with Crippen LogP contribution in [0.3, 0.4) is 0 Å². The van der Waals surface area contributed by atoms with E-state index >= 15 is 0 Å². The van der Waals surface area contributed by atoms with Gasteiger partial charge >= 0.3 is 0 Å². The predicted octanol–water partition coefficient (Wildman–Crippen LogP) is 5.14. The van der Waals surface area contributed by atoms with Crippen LogP contribution in [0.4, 0.5) is 20.4 Å². The van der Waals surface area contributed by atoms with Crippen LogP contribution < -0.4 is 19.3 Å². The van der Waals surface area contributed by atoms with Gasteiger partial charge in [-0.3, -0.25) is 0 Å². The summed E-state index contributed by atoms with van der Waals surface area (Å²) in [5.41, 5.74) is 2.34. The zero-order chi connectivity index (χ0) is 28.5. The first-order chi connectivity index (χ1) is 19.4. The Morgan fingerprint density at radius 1 is 1.02 bits per heavy atom. The van der Waals surface area contributed by atoms with Gasteiger partial charge in [0.2, 0.25) is 11.8 Å². The molecule has 4 rings (SSSR count). The molecule has 11 heteroatoms. The van der Waals surface area contributed by atoms with E-state index in [1.54, 1.807) is 31.8 Å². The molecule has 1 unspecified atom stereocenters. The molecule has 8 nitrogen and oxygen atoms in total. The highest BCUT2D eigenvalue weighted by molar-refractivity contribution is 7.90. The Morgan fingerprint density at radius 3 is 2.42 bits per heavy atom. The third-order valence-corrected chi connectivity index (χ3v) is 7.79. The largest absolute Gasteiger partial charge is 0.616 e. The van der Waals surface area contributed by atoms with Gasteiger partial charge in [0, 0.05) is 25.7 Å². The van der Waals surface area contributed by atoms with Gasteiger partial charge in [-0.1, -0.05) is 30.1 Å². The quantitative estimate of drug-likeness (QED) is 0.245. The van der Waals surface area contributed by atoms with E-state index in [0.29, 0.717) is 41.4 Å². The number of rotatable bonds is 14. The number of pyridine rings is 1. The SMILES string of the molecule is CCN(CC1CCCC1)c1ccc(OC)nc1CN(Cc1ccc(F)c(F)c1)c1ncc(OCC[S+](C)[O-])cn1. The lowest BCUT2D eigenvalue weighted by Crippen LogP contribution is -2.31. The van der Waals surface area contributed by atoms with E-state index < -0.39 is 22.8 Å². The summed E-state index contributed by atoms with van der Waals surface area (Å²) in [5.74, 6) is 0.563. The molecule has 0 bridgehead atoms. The lowest BCUT2D eigenvalue weighted by molar-refractivity contribution is 0.338. The van der Waals surface area contributed by atoms with Crippen molar-refractivity contribution < 1.29 is 22.8 Å². The van der Waals surface area contributed by atoms with Crippen molar-refractivity contribution in [1.82, 2.24) is 15.0 Å². The van der Waals surface area contributed by atoms with E-state index in [0.717, 1.165) is 30.5 Å². The molecule has 1 aromatic carbocycles. The first-order valence-electron chi connectivity index (χ1n) is 13.6. The normalized spacial score (nSPS) is 14.2. The van der Waals surface area contributed by atoms with Crippen molar-refractivity contribution in [2.24, 2.45) is 5.92 Å². The van der Waals surface area contributed by atoms with E-state index in [9.17, 15) is 13.3 Å². The van der Waals surface area contributed by atoms with Crippen molar-refractivity contribution >= 4 is 22.8 Å². The van der Waals surface area contributed by atoms with Crippen LogP contribution in [0.2, 0.25) is 0 Å². The average molecular weight is 574 g/mol. The minimum absolute atomic E-state index is 0.222. The first kappa shape index (κ1) is 29.8. The highest BCUT2D eigenvalue weighted by Crippen LogP contribution is 2.31. The van der Waals surface area contributed by atoms with Crippen LogP contribution >= 0.6 is 0 Å². The Bertz CT molecular complexity index is 1230. The van der Waals surface area contributed by atoms with Gasteiger partial charge < -0.3 is 23.8 Å². The number of nitrogens with zero attached hydrogens (tertiary/aromatic N) is 5. The van der Waals surface area contributed by atoms with E-state index in [2.05, 4.69) is 21.8 Å². The molecule has 1 aliphatic rings. The molecule has 1 fully saturated rings. The van der Waals surface area contributed by atoms with Crippen molar-refractivity contribution in [2.75, 3.05) is 48.6 Å².